The molecule has 0 bridgehead atoms. The van der Waals surface area contributed by atoms with Crippen molar-refractivity contribution in [3.63, 3.8) is 0 Å². The summed E-state index contributed by atoms with van der Waals surface area (Å²) < 4.78 is 19.3. The van der Waals surface area contributed by atoms with Crippen molar-refractivity contribution >= 4 is 34.8 Å². The molecule has 2 N–H and O–H groups in total. The van der Waals surface area contributed by atoms with Crippen molar-refractivity contribution in [3.8, 4) is 11.3 Å². The third kappa shape index (κ3) is 4.67. The van der Waals surface area contributed by atoms with Crippen molar-refractivity contribution in [2.75, 3.05) is 41.8 Å². The van der Waals surface area contributed by atoms with E-state index in [-0.39, 0.29) is 10.7 Å². The Morgan fingerprint density at radius 2 is 1.83 bits per heavy atom. The van der Waals surface area contributed by atoms with Gasteiger partial charge in [-0.15, -0.1) is 10.2 Å². The second-order valence-corrected chi connectivity index (χ2v) is 7.04. The third-order valence-corrected chi connectivity index (χ3v) is 4.89. The number of benzene rings is 2. The summed E-state index contributed by atoms with van der Waals surface area (Å²) in [7, 11) is 0. The molecule has 2 heterocycles. The van der Waals surface area contributed by atoms with Gasteiger partial charge in [-0.2, -0.15) is 0 Å². The monoisotopic (exact) mass is 427 g/mol. The van der Waals surface area contributed by atoms with E-state index in [0.717, 1.165) is 24.5 Å². The average molecular weight is 428 g/mol. The predicted octanol–water partition coefficient (Wildman–Crippen LogP) is 4.42. The number of carbonyl (C=O) groups is 1. The lowest BCUT2D eigenvalue weighted by atomic mass is 10.1. The van der Waals surface area contributed by atoms with Crippen LogP contribution >= 0.6 is 11.6 Å². The quantitative estimate of drug-likeness (QED) is 0.644. The molecule has 0 atom stereocenters. The van der Waals surface area contributed by atoms with E-state index in [2.05, 4.69) is 25.7 Å². The lowest BCUT2D eigenvalue weighted by Gasteiger charge is -2.27. The first kappa shape index (κ1) is 20.1. The molecule has 2 aromatic carbocycles. The van der Waals surface area contributed by atoms with Crippen LogP contribution in [0, 0.1) is 5.82 Å². The molecular weight excluding hydrogens is 409 g/mol. The van der Waals surface area contributed by atoms with E-state index in [1.165, 1.54) is 12.1 Å². The van der Waals surface area contributed by atoms with Gasteiger partial charge in [0.15, 0.2) is 11.6 Å². The molecule has 2 amide bonds. The minimum Gasteiger partial charge on any atom is -0.378 e. The molecule has 9 heteroatoms. The summed E-state index contributed by atoms with van der Waals surface area (Å²) in [5.41, 5.74) is 2.01. The molecular formula is C21H19ClFN5O2. The highest BCUT2D eigenvalue weighted by atomic mass is 35.5. The number of rotatable bonds is 4. The average Bonchev–Trinajstić information content (AvgIpc) is 2.78. The number of hydrogen-bond donors (Lipinski definition) is 2. The van der Waals surface area contributed by atoms with Gasteiger partial charge in [0.1, 0.15) is 0 Å². The number of amides is 2. The summed E-state index contributed by atoms with van der Waals surface area (Å²) in [4.78, 5) is 14.4. The number of hydrogen-bond acceptors (Lipinski definition) is 5. The number of halogens is 2. The van der Waals surface area contributed by atoms with Crippen LogP contribution in [0.2, 0.25) is 5.02 Å². The van der Waals surface area contributed by atoms with Crippen molar-refractivity contribution in [1.29, 1.82) is 0 Å². The van der Waals surface area contributed by atoms with E-state index in [1.54, 1.807) is 24.3 Å². The van der Waals surface area contributed by atoms with E-state index >= 15 is 0 Å². The molecule has 0 saturated carbocycles. The van der Waals surface area contributed by atoms with Gasteiger partial charge in [0.25, 0.3) is 0 Å². The summed E-state index contributed by atoms with van der Waals surface area (Å²) in [5, 5.41) is 13.7. The minimum absolute atomic E-state index is 0.000669. The van der Waals surface area contributed by atoms with E-state index in [4.69, 9.17) is 16.3 Å². The molecule has 0 unspecified atom stereocenters. The molecule has 4 rings (SSSR count). The first-order valence-electron chi connectivity index (χ1n) is 9.39. The molecule has 3 aromatic rings. The lowest BCUT2D eigenvalue weighted by molar-refractivity contribution is 0.122. The van der Waals surface area contributed by atoms with Gasteiger partial charge in [0.05, 0.1) is 29.6 Å². The fraction of sp³-hybridized carbons (Fsp3) is 0.190. The molecule has 1 fully saturated rings. The third-order valence-electron chi connectivity index (χ3n) is 4.60. The maximum atomic E-state index is 14.0. The van der Waals surface area contributed by atoms with Gasteiger partial charge < -0.3 is 20.3 Å². The van der Waals surface area contributed by atoms with Crippen LogP contribution in [-0.2, 0) is 4.74 Å². The molecule has 0 radical (unpaired) electrons. The molecule has 1 saturated heterocycles. The maximum absolute atomic E-state index is 14.0. The van der Waals surface area contributed by atoms with Crippen LogP contribution in [0.1, 0.15) is 0 Å². The van der Waals surface area contributed by atoms with Crippen molar-refractivity contribution in [2.24, 2.45) is 0 Å². The van der Waals surface area contributed by atoms with Crippen molar-refractivity contribution in [3.05, 3.63) is 65.4 Å². The van der Waals surface area contributed by atoms with Crippen molar-refractivity contribution in [2.45, 2.75) is 0 Å². The number of morpholine rings is 1. The van der Waals surface area contributed by atoms with Crippen LogP contribution in [0.4, 0.5) is 26.4 Å². The van der Waals surface area contributed by atoms with Crippen molar-refractivity contribution < 1.29 is 13.9 Å². The maximum Gasteiger partial charge on any atom is 0.323 e. The number of nitrogens with one attached hydrogen (secondary N) is 2. The zero-order valence-electron chi connectivity index (χ0n) is 15.9. The Bertz CT molecular complexity index is 1040. The van der Waals surface area contributed by atoms with Crippen LogP contribution in [0.15, 0.2) is 54.6 Å². The molecule has 1 aliphatic heterocycles. The second-order valence-electron chi connectivity index (χ2n) is 6.64. The van der Waals surface area contributed by atoms with Gasteiger partial charge in [-0.1, -0.05) is 29.8 Å². The molecule has 1 aliphatic rings. The fourth-order valence-corrected chi connectivity index (χ4v) is 3.26. The Morgan fingerprint density at radius 3 is 2.60 bits per heavy atom. The Kier molecular flexibility index (Phi) is 6.06. The zero-order chi connectivity index (χ0) is 20.9. The van der Waals surface area contributed by atoms with E-state index in [1.807, 2.05) is 18.2 Å². The first-order chi connectivity index (χ1) is 14.6. The van der Waals surface area contributed by atoms with Crippen LogP contribution in [0.25, 0.3) is 11.3 Å². The Labute approximate surface area is 177 Å². The predicted molar refractivity (Wildman–Crippen MR) is 115 cm³/mol. The van der Waals surface area contributed by atoms with Crippen LogP contribution in [0.5, 0.6) is 0 Å². The molecule has 7 nitrogen and oxygen atoms in total. The minimum atomic E-state index is -0.682. The Morgan fingerprint density at radius 1 is 1.03 bits per heavy atom. The highest BCUT2D eigenvalue weighted by Crippen LogP contribution is 2.24. The number of carbonyl (C=O) groups excluding carboxylic acids is 1. The standard InChI is InChI=1S/C21H19ClFN5O2/c22-16-5-2-6-18(20(16)23)25-21(29)24-15-4-1-3-14(13-15)17-7-8-19(27-26-17)28-9-11-30-12-10-28/h1-8,13H,9-12H2,(H2,24,25,29). The van der Waals surface area contributed by atoms with Crippen LogP contribution in [-0.4, -0.2) is 42.5 Å². The van der Waals surface area contributed by atoms with E-state index in [9.17, 15) is 9.18 Å². The number of aromatic nitrogens is 2. The number of nitrogens with zero attached hydrogens (tertiary/aromatic N) is 3. The molecule has 30 heavy (non-hydrogen) atoms. The van der Waals surface area contributed by atoms with E-state index < -0.39 is 11.8 Å². The summed E-state index contributed by atoms with van der Waals surface area (Å²) in [6.07, 6.45) is 0. The molecule has 0 spiro atoms. The Hall–Kier alpha value is -3.23. The lowest BCUT2D eigenvalue weighted by Crippen LogP contribution is -2.36. The fourth-order valence-electron chi connectivity index (χ4n) is 3.08. The largest absolute Gasteiger partial charge is 0.378 e. The van der Waals surface area contributed by atoms with Crippen LogP contribution in [0.3, 0.4) is 0 Å². The molecule has 1 aromatic heterocycles. The number of anilines is 3. The topological polar surface area (TPSA) is 79.4 Å². The van der Waals surface area contributed by atoms with E-state index in [0.29, 0.717) is 24.6 Å². The SMILES string of the molecule is O=C(Nc1cccc(-c2ccc(N3CCOCC3)nn2)c1)Nc1cccc(Cl)c1F. The summed E-state index contributed by atoms with van der Waals surface area (Å²) in [6.45, 7) is 2.93. The molecule has 0 aliphatic carbocycles. The van der Waals surface area contributed by atoms with Gasteiger partial charge >= 0.3 is 6.03 Å². The number of ether oxygens (including phenoxy) is 1. The van der Waals surface area contributed by atoms with Gasteiger partial charge in [0, 0.05) is 24.3 Å². The number of urea groups is 1. The second kappa shape index (κ2) is 9.06. The highest BCUT2D eigenvalue weighted by Gasteiger charge is 2.14. The highest BCUT2D eigenvalue weighted by molar-refractivity contribution is 6.31. The summed E-state index contributed by atoms with van der Waals surface area (Å²) >= 11 is 5.74. The Balaban J connectivity index is 1.44. The van der Waals surface area contributed by atoms with Crippen molar-refractivity contribution in [1.82, 2.24) is 10.2 Å². The first-order valence-corrected chi connectivity index (χ1v) is 9.77. The smallest absolute Gasteiger partial charge is 0.323 e. The summed E-state index contributed by atoms with van der Waals surface area (Å²) in [5.74, 6) is 0.123. The molecule has 154 valence electrons. The van der Waals surface area contributed by atoms with Gasteiger partial charge in [-0.05, 0) is 36.4 Å². The van der Waals surface area contributed by atoms with Gasteiger partial charge in [0.2, 0.25) is 0 Å². The zero-order valence-corrected chi connectivity index (χ0v) is 16.7. The summed E-state index contributed by atoms with van der Waals surface area (Å²) in [6, 6.07) is 14.8. The normalized spacial score (nSPS) is 13.7. The van der Waals surface area contributed by atoms with Gasteiger partial charge in [-0.3, -0.25) is 0 Å². The van der Waals surface area contributed by atoms with Gasteiger partial charge in [-0.25, -0.2) is 9.18 Å². The van der Waals surface area contributed by atoms with Crippen LogP contribution < -0.4 is 15.5 Å².